The number of hydrogen-bond donors (Lipinski definition) is 2. The van der Waals surface area contributed by atoms with E-state index >= 15 is 0 Å². The zero-order valence-electron chi connectivity index (χ0n) is 19.2. The van der Waals surface area contributed by atoms with Crippen molar-refractivity contribution >= 4 is 23.4 Å². The maximum Gasteiger partial charge on any atom is 0.263 e. The van der Waals surface area contributed by atoms with Gasteiger partial charge in [0.15, 0.2) is 0 Å². The fourth-order valence-corrected chi connectivity index (χ4v) is 3.95. The van der Waals surface area contributed by atoms with E-state index in [1.807, 2.05) is 51.2 Å². The van der Waals surface area contributed by atoms with E-state index in [-0.39, 0.29) is 17.0 Å². The molecule has 0 saturated carbocycles. The van der Waals surface area contributed by atoms with Crippen LogP contribution >= 0.6 is 11.8 Å². The van der Waals surface area contributed by atoms with Crippen molar-refractivity contribution in [3.8, 4) is 11.3 Å². The van der Waals surface area contributed by atoms with Gasteiger partial charge in [0.1, 0.15) is 17.3 Å². The van der Waals surface area contributed by atoms with Gasteiger partial charge in [-0.25, -0.2) is 9.37 Å². The molecule has 0 bridgehead atoms. The highest BCUT2D eigenvalue weighted by Gasteiger charge is 2.17. The molecule has 0 spiro atoms. The fourth-order valence-electron chi connectivity index (χ4n) is 3.12. The molecular formula is C25H28FN5OS. The minimum absolute atomic E-state index is 0.0820. The van der Waals surface area contributed by atoms with Crippen LogP contribution in [-0.2, 0) is 11.3 Å². The summed E-state index contributed by atoms with van der Waals surface area (Å²) in [5, 5.41) is 7.16. The monoisotopic (exact) mass is 465 g/mol. The summed E-state index contributed by atoms with van der Waals surface area (Å²) in [5.41, 5.74) is 3.96. The van der Waals surface area contributed by atoms with Crippen LogP contribution in [0.3, 0.4) is 0 Å². The number of halogens is 1. The fraction of sp³-hybridized carbons (Fsp3) is 0.240. The zero-order chi connectivity index (χ0) is 24.0. The lowest BCUT2D eigenvalue weighted by atomic mass is 10.1. The van der Waals surface area contributed by atoms with Gasteiger partial charge in [-0.05, 0) is 31.7 Å². The number of ether oxygens (including phenoxy) is 1. The van der Waals surface area contributed by atoms with Crippen molar-refractivity contribution in [2.75, 3.05) is 7.05 Å². The molecule has 3 aromatic rings. The van der Waals surface area contributed by atoms with Gasteiger partial charge in [0.05, 0.1) is 17.6 Å². The Hall–Kier alpha value is -3.23. The normalized spacial score (nSPS) is 11.6. The molecule has 0 aliphatic rings. The molecule has 6 nitrogen and oxygen atoms in total. The average molecular weight is 466 g/mol. The zero-order valence-corrected chi connectivity index (χ0v) is 20.0. The quantitative estimate of drug-likeness (QED) is 0.120. The van der Waals surface area contributed by atoms with Crippen LogP contribution < -0.4 is 11.2 Å². The van der Waals surface area contributed by atoms with Crippen molar-refractivity contribution in [2.45, 2.75) is 37.5 Å². The molecule has 0 amide bonds. The largest absolute Gasteiger partial charge is 0.436 e. The van der Waals surface area contributed by atoms with Crippen LogP contribution in [0.1, 0.15) is 36.4 Å². The number of nitrogens with one attached hydrogen (secondary N) is 1. The van der Waals surface area contributed by atoms with Crippen molar-refractivity contribution in [3.63, 3.8) is 0 Å². The van der Waals surface area contributed by atoms with Gasteiger partial charge >= 0.3 is 0 Å². The highest BCUT2D eigenvalue weighted by atomic mass is 32.2. The van der Waals surface area contributed by atoms with Crippen molar-refractivity contribution < 1.29 is 9.13 Å². The molecule has 2 aromatic carbocycles. The first-order chi connectivity index (χ1) is 15.8. The summed E-state index contributed by atoms with van der Waals surface area (Å²) in [7, 11) is 1.89. The second-order valence-electron chi connectivity index (χ2n) is 7.69. The lowest BCUT2D eigenvalue weighted by molar-refractivity contribution is 0.504. The Morgan fingerprint density at radius 3 is 2.58 bits per heavy atom. The van der Waals surface area contributed by atoms with E-state index in [2.05, 4.69) is 27.0 Å². The molecule has 33 heavy (non-hydrogen) atoms. The van der Waals surface area contributed by atoms with Gasteiger partial charge in [0, 0.05) is 27.8 Å². The summed E-state index contributed by atoms with van der Waals surface area (Å²) in [6.07, 6.45) is 1.59. The van der Waals surface area contributed by atoms with Gasteiger partial charge in [0.25, 0.3) is 5.90 Å². The van der Waals surface area contributed by atoms with E-state index in [0.29, 0.717) is 33.3 Å². The molecule has 3 rings (SSSR count). The molecule has 1 heterocycles. The van der Waals surface area contributed by atoms with Gasteiger partial charge in [-0.1, -0.05) is 50.8 Å². The summed E-state index contributed by atoms with van der Waals surface area (Å²) in [6.45, 7) is 10.6. The molecule has 1 aromatic heterocycles. The number of benzene rings is 2. The lowest BCUT2D eigenvalue weighted by Crippen LogP contribution is -2.14. The van der Waals surface area contributed by atoms with Gasteiger partial charge in [0.2, 0.25) is 0 Å². The number of thioether (sulfide) groups is 1. The first-order valence-corrected chi connectivity index (χ1v) is 11.4. The molecule has 172 valence electrons. The third kappa shape index (κ3) is 6.18. The Balaban J connectivity index is 1.85. The van der Waals surface area contributed by atoms with Gasteiger partial charge < -0.3 is 15.9 Å². The van der Waals surface area contributed by atoms with E-state index in [1.54, 1.807) is 19.2 Å². The molecule has 0 saturated heterocycles. The van der Waals surface area contributed by atoms with Crippen LogP contribution in [0.4, 0.5) is 4.39 Å². The minimum atomic E-state index is -0.297. The molecule has 0 aliphatic heterocycles. The van der Waals surface area contributed by atoms with Crippen molar-refractivity contribution in [2.24, 2.45) is 10.9 Å². The summed E-state index contributed by atoms with van der Waals surface area (Å²) in [4.78, 5) is 9.60. The Kier molecular flexibility index (Phi) is 8.19. The van der Waals surface area contributed by atoms with Crippen LogP contribution in [-0.4, -0.2) is 28.2 Å². The number of rotatable bonds is 8. The predicted octanol–water partition coefficient (Wildman–Crippen LogP) is 5.12. The number of hydrazone groups is 1. The van der Waals surface area contributed by atoms with Gasteiger partial charge in [-0.15, -0.1) is 16.9 Å². The Morgan fingerprint density at radius 2 is 1.97 bits per heavy atom. The second kappa shape index (κ2) is 11.1. The van der Waals surface area contributed by atoms with Crippen molar-refractivity contribution in [1.82, 2.24) is 15.3 Å². The highest BCUT2D eigenvalue weighted by molar-refractivity contribution is 7.99. The maximum absolute atomic E-state index is 14.6. The number of nitrogens with zero attached hydrogens (tertiary/aromatic N) is 3. The van der Waals surface area contributed by atoms with Crippen LogP contribution in [0.2, 0.25) is 0 Å². The number of nitrogens with two attached hydrogens (primary N) is 1. The highest BCUT2D eigenvalue weighted by Crippen LogP contribution is 2.29. The minimum Gasteiger partial charge on any atom is -0.436 e. The van der Waals surface area contributed by atoms with Crippen LogP contribution in [0, 0.1) is 12.7 Å². The summed E-state index contributed by atoms with van der Waals surface area (Å²) < 4.78 is 20.4. The van der Waals surface area contributed by atoms with Crippen molar-refractivity contribution in [3.05, 3.63) is 83.6 Å². The Bertz CT molecular complexity index is 1160. The first kappa shape index (κ1) is 24.4. The molecule has 0 radical (unpaired) electrons. The Labute approximate surface area is 198 Å². The molecule has 3 N–H and O–H groups in total. The standard InChI is InChI=1S/C25H28FN5OS/c1-15(2)33-23-11-10-20(12-21(23)26)22-14-29-16(3)24(30-22)25(31-27)32-17(4)19-8-6-18(7-9-19)13-28-5/h6-12,14-15,28H,4,13,27H2,1-3,5H3/b31-25-. The summed E-state index contributed by atoms with van der Waals surface area (Å²) in [6, 6.07) is 12.8. The lowest BCUT2D eigenvalue weighted by Gasteiger charge is -2.13. The smallest absolute Gasteiger partial charge is 0.263 e. The first-order valence-electron chi connectivity index (χ1n) is 10.5. The van der Waals surface area contributed by atoms with Crippen molar-refractivity contribution in [1.29, 1.82) is 0 Å². The van der Waals surface area contributed by atoms with Crippen LogP contribution in [0.25, 0.3) is 17.0 Å². The summed E-state index contributed by atoms with van der Waals surface area (Å²) >= 11 is 1.47. The third-order valence-corrected chi connectivity index (χ3v) is 5.80. The predicted molar refractivity (Wildman–Crippen MR) is 133 cm³/mol. The number of aromatic nitrogens is 2. The second-order valence-corrected chi connectivity index (χ2v) is 9.31. The Morgan fingerprint density at radius 1 is 1.24 bits per heavy atom. The third-order valence-electron chi connectivity index (χ3n) is 4.74. The van der Waals surface area contributed by atoms with E-state index in [4.69, 9.17) is 10.6 Å². The van der Waals surface area contributed by atoms with E-state index in [0.717, 1.165) is 17.7 Å². The topological polar surface area (TPSA) is 85.4 Å². The molecule has 0 atom stereocenters. The maximum atomic E-state index is 14.6. The van der Waals surface area contributed by atoms with E-state index < -0.39 is 0 Å². The van der Waals surface area contributed by atoms with Gasteiger partial charge in [-0.2, -0.15) is 0 Å². The average Bonchev–Trinajstić information content (AvgIpc) is 2.79. The van der Waals surface area contributed by atoms with E-state index in [9.17, 15) is 4.39 Å². The molecule has 0 fully saturated rings. The number of aryl methyl sites for hydroxylation is 1. The molecule has 0 aliphatic carbocycles. The SMILES string of the molecule is C=C(O/C(=N\N)c1nc(-c2ccc(SC(C)C)c(F)c2)cnc1C)c1ccc(CNC)cc1. The van der Waals surface area contributed by atoms with Crippen LogP contribution in [0.5, 0.6) is 0 Å². The van der Waals surface area contributed by atoms with Crippen LogP contribution in [0.15, 0.2) is 65.2 Å². The molecule has 8 heteroatoms. The van der Waals surface area contributed by atoms with Gasteiger partial charge in [-0.3, -0.25) is 4.98 Å². The molecular weight excluding hydrogens is 437 g/mol. The van der Waals surface area contributed by atoms with E-state index in [1.165, 1.54) is 17.8 Å². The molecule has 0 unspecified atom stereocenters. The number of hydrogen-bond acceptors (Lipinski definition) is 7. The summed E-state index contributed by atoms with van der Waals surface area (Å²) in [5.74, 6) is 5.79.